The quantitative estimate of drug-likeness (QED) is 0.0665. The average Bonchev–Trinajstić information content (AvgIpc) is 3.04. The lowest BCUT2D eigenvalue weighted by molar-refractivity contribution is -0.138. The van der Waals surface area contributed by atoms with Crippen molar-refractivity contribution in [3.63, 3.8) is 0 Å². The van der Waals surface area contributed by atoms with E-state index in [1.807, 2.05) is 48.5 Å². The predicted molar refractivity (Wildman–Crippen MR) is 164 cm³/mol. The minimum Gasteiger partial charge on any atom is -0.494 e. The van der Waals surface area contributed by atoms with Gasteiger partial charge in [-0.2, -0.15) is 0 Å². The lowest BCUT2D eigenvalue weighted by Crippen LogP contribution is -2.09. The molecule has 0 aliphatic heterocycles. The highest BCUT2D eigenvalue weighted by molar-refractivity contribution is 5.81. The number of carbonyl (C=O) groups excluding carboxylic acids is 3. The van der Waals surface area contributed by atoms with Crippen LogP contribution in [-0.4, -0.2) is 44.3 Å². The third kappa shape index (κ3) is 12.7. The van der Waals surface area contributed by atoms with Crippen molar-refractivity contribution in [1.82, 2.24) is 0 Å². The van der Waals surface area contributed by atoms with Crippen LogP contribution in [0.5, 0.6) is 17.2 Å². The van der Waals surface area contributed by atoms with Crippen molar-refractivity contribution in [2.24, 2.45) is 0 Å². The Balaban J connectivity index is 1.33. The second-order valence-corrected chi connectivity index (χ2v) is 9.52. The maximum absolute atomic E-state index is 12.4. The molecule has 0 bridgehead atoms. The van der Waals surface area contributed by atoms with Gasteiger partial charge in [-0.05, 0) is 85.2 Å². The zero-order chi connectivity index (χ0) is 30.7. The van der Waals surface area contributed by atoms with Crippen molar-refractivity contribution in [2.75, 3.05) is 26.4 Å². The molecule has 0 spiro atoms. The fourth-order valence-corrected chi connectivity index (χ4v) is 3.89. The molecule has 3 aromatic carbocycles. The molecule has 0 unspecified atom stereocenters. The molecule has 0 aliphatic rings. The highest BCUT2D eigenvalue weighted by Gasteiger charge is 2.07. The number of ether oxygens (including phenoxy) is 5. The van der Waals surface area contributed by atoms with E-state index in [1.54, 1.807) is 24.3 Å². The number of carbonyl (C=O) groups is 3. The largest absolute Gasteiger partial charge is 0.494 e. The van der Waals surface area contributed by atoms with Crippen LogP contribution < -0.4 is 14.2 Å². The number of hydrogen-bond donors (Lipinski definition) is 0. The summed E-state index contributed by atoms with van der Waals surface area (Å²) >= 11 is 0. The molecule has 0 fully saturated rings. The van der Waals surface area contributed by atoms with E-state index in [2.05, 4.69) is 13.2 Å². The van der Waals surface area contributed by atoms with E-state index in [1.165, 1.54) is 0 Å². The second-order valence-electron chi connectivity index (χ2n) is 9.52. The Morgan fingerprint density at radius 3 is 1.47 bits per heavy atom. The Morgan fingerprint density at radius 2 is 0.977 bits per heavy atom. The SMILES string of the molecule is C=CC(=O)OCCCCOc1ccc(OC(=O)CCc2ccc(-c3ccc(OCCCCOC(=O)C=C)cc3)cc2)cc1. The molecular formula is C35H38O8. The maximum Gasteiger partial charge on any atom is 0.330 e. The first-order chi connectivity index (χ1) is 21.0. The Labute approximate surface area is 252 Å². The lowest BCUT2D eigenvalue weighted by Gasteiger charge is -2.09. The zero-order valence-electron chi connectivity index (χ0n) is 24.3. The van der Waals surface area contributed by atoms with Crippen molar-refractivity contribution >= 4 is 17.9 Å². The van der Waals surface area contributed by atoms with Crippen molar-refractivity contribution in [1.29, 1.82) is 0 Å². The van der Waals surface area contributed by atoms with Crippen molar-refractivity contribution in [3.8, 4) is 28.4 Å². The number of unbranched alkanes of at least 4 members (excludes halogenated alkanes) is 2. The van der Waals surface area contributed by atoms with Crippen LogP contribution in [0.25, 0.3) is 11.1 Å². The second kappa shape index (κ2) is 18.6. The first-order valence-corrected chi connectivity index (χ1v) is 14.3. The van der Waals surface area contributed by atoms with Crippen LogP contribution in [0.2, 0.25) is 0 Å². The number of benzene rings is 3. The van der Waals surface area contributed by atoms with Crippen molar-refractivity contribution in [2.45, 2.75) is 38.5 Å². The molecule has 0 radical (unpaired) electrons. The summed E-state index contributed by atoms with van der Waals surface area (Å²) in [4.78, 5) is 34.4. The van der Waals surface area contributed by atoms with Crippen LogP contribution >= 0.6 is 0 Å². The van der Waals surface area contributed by atoms with E-state index in [-0.39, 0.29) is 12.4 Å². The van der Waals surface area contributed by atoms with Gasteiger partial charge >= 0.3 is 17.9 Å². The summed E-state index contributed by atoms with van der Waals surface area (Å²) in [5.41, 5.74) is 3.18. The normalized spacial score (nSPS) is 10.3. The number of aryl methyl sites for hydroxylation is 1. The molecule has 226 valence electrons. The van der Waals surface area contributed by atoms with Gasteiger partial charge < -0.3 is 23.7 Å². The Kier molecular flexibility index (Phi) is 14.1. The Hall–Kier alpha value is -4.85. The number of rotatable bonds is 19. The molecule has 0 aromatic heterocycles. The minimum atomic E-state index is -0.426. The van der Waals surface area contributed by atoms with Crippen LogP contribution in [0.3, 0.4) is 0 Å². The fraction of sp³-hybridized carbons (Fsp3) is 0.286. The molecule has 0 amide bonds. The minimum absolute atomic E-state index is 0.261. The summed E-state index contributed by atoms with van der Waals surface area (Å²) in [7, 11) is 0. The van der Waals surface area contributed by atoms with Crippen molar-refractivity contribution in [3.05, 3.63) is 104 Å². The molecule has 43 heavy (non-hydrogen) atoms. The molecule has 8 heteroatoms. The molecule has 0 saturated heterocycles. The van der Waals surface area contributed by atoms with Crippen LogP contribution in [0, 0.1) is 0 Å². The highest BCUT2D eigenvalue weighted by Crippen LogP contribution is 2.24. The fourth-order valence-electron chi connectivity index (χ4n) is 3.89. The Morgan fingerprint density at radius 1 is 0.558 bits per heavy atom. The molecule has 3 rings (SSSR count). The summed E-state index contributed by atoms with van der Waals surface area (Å²) in [6.07, 6.45) is 6.07. The predicted octanol–water partition coefficient (Wildman–Crippen LogP) is 6.67. The third-order valence-corrected chi connectivity index (χ3v) is 6.25. The maximum atomic E-state index is 12.4. The van der Waals surface area contributed by atoms with Crippen LogP contribution in [0.1, 0.15) is 37.7 Å². The number of hydrogen-bond acceptors (Lipinski definition) is 8. The molecule has 0 saturated carbocycles. The molecule has 0 aliphatic carbocycles. The van der Waals surface area contributed by atoms with Gasteiger partial charge in [0.1, 0.15) is 17.2 Å². The summed E-state index contributed by atoms with van der Waals surface area (Å²) in [6, 6.07) is 22.9. The topological polar surface area (TPSA) is 97.4 Å². The average molecular weight is 587 g/mol. The molecule has 0 N–H and O–H groups in total. The van der Waals surface area contributed by atoms with Gasteiger partial charge in [-0.15, -0.1) is 0 Å². The summed E-state index contributed by atoms with van der Waals surface area (Å²) < 4.78 is 26.8. The van der Waals surface area contributed by atoms with Gasteiger partial charge in [0.15, 0.2) is 0 Å². The zero-order valence-corrected chi connectivity index (χ0v) is 24.3. The van der Waals surface area contributed by atoms with Crippen LogP contribution in [0.15, 0.2) is 98.1 Å². The van der Waals surface area contributed by atoms with Gasteiger partial charge in [0.25, 0.3) is 0 Å². The standard InChI is InChI=1S/C35H38O8/c1-3-33(36)41-25-7-5-23-39-30-16-14-29(15-17-30)28-12-9-27(10-13-28)11-22-35(38)43-32-20-18-31(19-21-32)40-24-6-8-26-42-34(37)4-2/h3-4,9-10,12-21H,1-2,5-8,11,22-26H2. The van der Waals surface area contributed by atoms with Gasteiger partial charge in [0, 0.05) is 18.6 Å². The summed E-state index contributed by atoms with van der Waals surface area (Å²) in [6.45, 7) is 8.44. The van der Waals surface area contributed by atoms with Gasteiger partial charge in [-0.25, -0.2) is 9.59 Å². The molecule has 0 heterocycles. The first kappa shape index (κ1) is 32.7. The molecule has 8 nitrogen and oxygen atoms in total. The molecule has 3 aromatic rings. The summed E-state index contributed by atoms with van der Waals surface area (Å²) in [5.74, 6) is 0.778. The van der Waals surface area contributed by atoms with E-state index in [0.29, 0.717) is 50.8 Å². The van der Waals surface area contributed by atoms with E-state index in [4.69, 9.17) is 23.7 Å². The highest BCUT2D eigenvalue weighted by atomic mass is 16.5. The smallest absolute Gasteiger partial charge is 0.330 e. The molecule has 0 atom stereocenters. The van der Waals surface area contributed by atoms with E-state index in [9.17, 15) is 14.4 Å². The lowest BCUT2D eigenvalue weighted by atomic mass is 10.0. The van der Waals surface area contributed by atoms with E-state index in [0.717, 1.165) is 53.9 Å². The monoisotopic (exact) mass is 586 g/mol. The Bertz CT molecular complexity index is 1310. The third-order valence-electron chi connectivity index (χ3n) is 6.25. The van der Waals surface area contributed by atoms with E-state index >= 15 is 0 Å². The number of esters is 3. The van der Waals surface area contributed by atoms with Gasteiger partial charge in [-0.3, -0.25) is 4.79 Å². The van der Waals surface area contributed by atoms with Crippen LogP contribution in [0.4, 0.5) is 0 Å². The first-order valence-electron chi connectivity index (χ1n) is 14.3. The van der Waals surface area contributed by atoms with Gasteiger partial charge in [0.05, 0.1) is 26.4 Å². The van der Waals surface area contributed by atoms with Gasteiger partial charge in [-0.1, -0.05) is 49.6 Å². The molecular weight excluding hydrogens is 548 g/mol. The van der Waals surface area contributed by atoms with E-state index < -0.39 is 11.9 Å². The van der Waals surface area contributed by atoms with Gasteiger partial charge in [0.2, 0.25) is 0 Å². The summed E-state index contributed by atoms with van der Waals surface area (Å²) in [5, 5.41) is 0. The van der Waals surface area contributed by atoms with Crippen molar-refractivity contribution < 1.29 is 38.1 Å². The van der Waals surface area contributed by atoms with Crippen LogP contribution in [-0.2, 0) is 30.3 Å².